The van der Waals surface area contributed by atoms with E-state index in [1.807, 2.05) is 0 Å². The van der Waals surface area contributed by atoms with Crippen molar-refractivity contribution in [2.75, 3.05) is 0 Å². The van der Waals surface area contributed by atoms with E-state index in [1.54, 1.807) is 33.4 Å². The van der Waals surface area contributed by atoms with Gasteiger partial charge in [0.25, 0.3) is 0 Å². The van der Waals surface area contributed by atoms with Crippen molar-refractivity contribution in [3.63, 3.8) is 0 Å². The van der Waals surface area contributed by atoms with Gasteiger partial charge in [-0.1, -0.05) is 170 Å². The topological polar surface area (TPSA) is 0 Å². The lowest BCUT2D eigenvalue weighted by atomic mass is 9.69. The van der Waals surface area contributed by atoms with Crippen LogP contribution in [0.1, 0.15) is 126 Å². The molecule has 5 aliphatic carbocycles. The maximum Gasteiger partial charge on any atom is 0.0159 e. The van der Waals surface area contributed by atoms with Crippen LogP contribution in [0, 0.1) is 5.92 Å². The summed E-state index contributed by atoms with van der Waals surface area (Å²) in [5, 5.41) is 2.69. The molecule has 60 heavy (non-hydrogen) atoms. The molecule has 298 valence electrons. The Balaban J connectivity index is 0.848. The molecule has 0 heteroatoms. The van der Waals surface area contributed by atoms with Crippen LogP contribution in [0.3, 0.4) is 0 Å². The number of benzene rings is 6. The van der Waals surface area contributed by atoms with Crippen molar-refractivity contribution < 1.29 is 0 Å². The maximum absolute atomic E-state index is 2.73. The Morgan fingerprint density at radius 2 is 1.07 bits per heavy atom. The highest BCUT2D eigenvalue weighted by molar-refractivity contribution is 5.88. The molecule has 6 aromatic carbocycles. The van der Waals surface area contributed by atoms with E-state index >= 15 is 0 Å². The summed E-state index contributed by atoms with van der Waals surface area (Å²) in [6.45, 7) is 16.8. The summed E-state index contributed by atoms with van der Waals surface area (Å²) in [7, 11) is 0. The lowest BCUT2D eigenvalue weighted by Crippen LogP contribution is -2.27. The van der Waals surface area contributed by atoms with Crippen LogP contribution in [-0.4, -0.2) is 0 Å². The summed E-state index contributed by atoms with van der Waals surface area (Å²) < 4.78 is 0. The van der Waals surface area contributed by atoms with E-state index in [1.165, 1.54) is 84.8 Å². The second-order valence-electron chi connectivity index (χ2n) is 20.8. The molecule has 0 fully saturated rings. The predicted octanol–water partition coefficient (Wildman–Crippen LogP) is 16.4. The first-order chi connectivity index (χ1) is 28.8. The zero-order valence-corrected chi connectivity index (χ0v) is 36.7. The van der Waals surface area contributed by atoms with Crippen LogP contribution in [0.5, 0.6) is 0 Å². The summed E-state index contributed by atoms with van der Waals surface area (Å²) in [6, 6.07) is 46.8. The van der Waals surface area contributed by atoms with Crippen molar-refractivity contribution in [1.29, 1.82) is 0 Å². The van der Waals surface area contributed by atoms with Crippen LogP contribution in [0.15, 0.2) is 162 Å². The minimum atomic E-state index is -0.0628. The van der Waals surface area contributed by atoms with Gasteiger partial charge in [0.1, 0.15) is 0 Å². The first kappa shape index (κ1) is 37.5. The molecule has 0 saturated carbocycles. The minimum absolute atomic E-state index is 0.0628. The highest BCUT2D eigenvalue weighted by Gasteiger charge is 2.47. The molecular formula is C60H58. The van der Waals surface area contributed by atoms with Gasteiger partial charge in [-0.05, 0) is 185 Å². The quantitative estimate of drug-likeness (QED) is 0.167. The standard InChI is InChI=1S/C60H58/c1-58(2,3)49-24-19-43-31-41(17-18-44(43)32-49)38-13-14-40-30-42(16-15-39(40)29-38)46-21-26-51-53-28-23-48(36-57(53)60(6,7)55(51)34-46)47-22-27-52-50-25-20-45(37-11-9-8-10-12-37)33-54(50)59(4,5)56(52)35-47/h8-12,17-20,22-25,27-36,51,55H,13-16,21,26H2,1-7H3. The molecule has 0 spiro atoms. The van der Waals surface area contributed by atoms with Gasteiger partial charge in [-0.25, -0.2) is 0 Å². The number of hydrogen-bond acceptors (Lipinski definition) is 0. The van der Waals surface area contributed by atoms with Gasteiger partial charge in [0.15, 0.2) is 0 Å². The maximum atomic E-state index is 2.73. The number of fused-ring (bicyclic) bond motifs is 7. The van der Waals surface area contributed by atoms with E-state index in [-0.39, 0.29) is 16.2 Å². The molecular weight excluding hydrogens is 721 g/mol. The number of hydrogen-bond donors (Lipinski definition) is 0. The summed E-state index contributed by atoms with van der Waals surface area (Å²) in [5.41, 5.74) is 24.9. The van der Waals surface area contributed by atoms with E-state index in [2.05, 4.69) is 188 Å². The molecule has 0 heterocycles. The first-order valence-electron chi connectivity index (χ1n) is 22.7. The zero-order valence-electron chi connectivity index (χ0n) is 36.7. The lowest BCUT2D eigenvalue weighted by Gasteiger charge is -2.35. The Kier molecular flexibility index (Phi) is 8.46. The van der Waals surface area contributed by atoms with Crippen LogP contribution in [0.2, 0.25) is 0 Å². The van der Waals surface area contributed by atoms with Gasteiger partial charge in [-0.3, -0.25) is 0 Å². The lowest BCUT2D eigenvalue weighted by molar-refractivity contribution is 0.343. The highest BCUT2D eigenvalue weighted by atomic mass is 14.5. The van der Waals surface area contributed by atoms with Crippen molar-refractivity contribution in [2.24, 2.45) is 5.92 Å². The second kappa shape index (κ2) is 13.5. The monoisotopic (exact) mass is 778 g/mol. The summed E-state index contributed by atoms with van der Waals surface area (Å²) in [4.78, 5) is 0. The zero-order chi connectivity index (χ0) is 41.1. The number of allylic oxidation sites excluding steroid dienone is 8. The van der Waals surface area contributed by atoms with Crippen LogP contribution < -0.4 is 0 Å². The Hall–Kier alpha value is -5.46. The fourth-order valence-corrected chi connectivity index (χ4v) is 11.9. The van der Waals surface area contributed by atoms with E-state index in [0.717, 1.165) is 25.7 Å². The Labute approximate surface area is 358 Å². The van der Waals surface area contributed by atoms with Crippen LogP contribution in [0.4, 0.5) is 0 Å². The fraction of sp³-hybridized carbons (Fsp3) is 0.300. The van der Waals surface area contributed by atoms with Gasteiger partial charge in [-0.15, -0.1) is 0 Å². The predicted molar refractivity (Wildman–Crippen MR) is 256 cm³/mol. The van der Waals surface area contributed by atoms with Crippen LogP contribution in [-0.2, 0) is 16.2 Å². The third kappa shape index (κ3) is 6.00. The molecule has 0 saturated heterocycles. The van der Waals surface area contributed by atoms with E-state index in [9.17, 15) is 0 Å². The van der Waals surface area contributed by atoms with E-state index in [4.69, 9.17) is 0 Å². The van der Waals surface area contributed by atoms with Gasteiger partial charge in [0.05, 0.1) is 0 Å². The molecule has 0 amide bonds. The van der Waals surface area contributed by atoms with Crippen LogP contribution >= 0.6 is 0 Å². The van der Waals surface area contributed by atoms with Crippen molar-refractivity contribution >= 4 is 16.3 Å². The van der Waals surface area contributed by atoms with E-state index in [0.29, 0.717) is 11.8 Å². The molecule has 0 nitrogen and oxygen atoms in total. The van der Waals surface area contributed by atoms with Crippen molar-refractivity contribution in [3.05, 3.63) is 195 Å². The smallest absolute Gasteiger partial charge is 0.0159 e. The van der Waals surface area contributed by atoms with Gasteiger partial charge in [-0.2, -0.15) is 0 Å². The van der Waals surface area contributed by atoms with Crippen LogP contribution in [0.25, 0.3) is 49.7 Å². The first-order valence-corrected chi connectivity index (χ1v) is 22.7. The molecule has 0 aliphatic heterocycles. The minimum Gasteiger partial charge on any atom is -0.0764 e. The third-order valence-electron chi connectivity index (χ3n) is 15.6. The van der Waals surface area contributed by atoms with Crippen molar-refractivity contribution in [2.45, 2.75) is 109 Å². The van der Waals surface area contributed by atoms with E-state index < -0.39 is 0 Å². The average molecular weight is 779 g/mol. The largest absolute Gasteiger partial charge is 0.0764 e. The van der Waals surface area contributed by atoms with Crippen molar-refractivity contribution in [3.8, 4) is 33.4 Å². The molecule has 5 aliphatic rings. The van der Waals surface area contributed by atoms with Gasteiger partial charge in [0, 0.05) is 5.41 Å². The van der Waals surface area contributed by atoms with Gasteiger partial charge >= 0.3 is 0 Å². The molecule has 0 N–H and O–H groups in total. The SMILES string of the molecule is CC(C)(C)c1ccc2cc(C3=CC4=C(C=C(C5=CC6C(CC5)c5ccc(-c7ccc8c(c7)C(C)(C)c7cc(-c9ccccc9)ccc7-8)cc5C6(C)C)CC4)CC3)ccc2c1. The fourth-order valence-electron chi connectivity index (χ4n) is 11.9. The summed E-state index contributed by atoms with van der Waals surface area (Å²) >= 11 is 0. The summed E-state index contributed by atoms with van der Waals surface area (Å²) in [5.74, 6) is 1.13. The molecule has 6 aromatic rings. The number of rotatable bonds is 4. The molecule has 11 rings (SSSR count). The van der Waals surface area contributed by atoms with Gasteiger partial charge in [0.2, 0.25) is 0 Å². The molecule has 2 unspecified atom stereocenters. The normalized spacial score (nSPS) is 21.0. The highest BCUT2D eigenvalue weighted by Crippen LogP contribution is 2.57. The van der Waals surface area contributed by atoms with Gasteiger partial charge < -0.3 is 0 Å². The summed E-state index contributed by atoms with van der Waals surface area (Å²) in [6.07, 6.45) is 14.9. The third-order valence-corrected chi connectivity index (χ3v) is 15.6. The molecule has 0 radical (unpaired) electrons. The van der Waals surface area contributed by atoms with Crippen molar-refractivity contribution in [1.82, 2.24) is 0 Å². The Morgan fingerprint density at radius 3 is 1.77 bits per heavy atom. The Morgan fingerprint density at radius 1 is 0.483 bits per heavy atom. The molecule has 0 bridgehead atoms. The second-order valence-corrected chi connectivity index (χ2v) is 20.8. The molecule has 2 atom stereocenters. The Bertz CT molecular complexity index is 2890. The average Bonchev–Trinajstić information content (AvgIpc) is 3.63. The molecule has 0 aromatic heterocycles.